The molecule has 1 amide bonds. The van der Waals surface area contributed by atoms with E-state index in [4.69, 9.17) is 11.6 Å². The van der Waals surface area contributed by atoms with Crippen LogP contribution in [0.15, 0.2) is 78.5 Å². The third kappa shape index (κ3) is 3.41. The summed E-state index contributed by atoms with van der Waals surface area (Å²) < 4.78 is 0. The second-order valence-corrected chi connectivity index (χ2v) is 7.21. The first-order valence-electron chi connectivity index (χ1n) is 9.02. The molecule has 6 heteroatoms. The maximum Gasteiger partial charge on any atom is 0.301 e. The van der Waals surface area contributed by atoms with E-state index in [1.165, 1.54) is 4.90 Å². The first-order valence-corrected chi connectivity index (χ1v) is 9.39. The molecule has 1 N–H and O–H groups in total. The molecule has 1 saturated heterocycles. The molecule has 3 aromatic rings. The Morgan fingerprint density at radius 2 is 1.69 bits per heavy atom. The second-order valence-electron chi connectivity index (χ2n) is 6.77. The van der Waals surface area contributed by atoms with Crippen molar-refractivity contribution in [3.8, 4) is 0 Å². The summed E-state index contributed by atoms with van der Waals surface area (Å²) >= 11 is 5.94. The number of aryl methyl sites for hydroxylation is 1. The van der Waals surface area contributed by atoms with Gasteiger partial charge in [0.2, 0.25) is 0 Å². The molecule has 1 aromatic heterocycles. The summed E-state index contributed by atoms with van der Waals surface area (Å²) in [7, 11) is 0. The number of Topliss-reactive ketones (excluding diaryl/α,β-unsaturated/α-hetero) is 1. The van der Waals surface area contributed by atoms with Crippen LogP contribution in [0.3, 0.4) is 0 Å². The Labute approximate surface area is 172 Å². The fourth-order valence-corrected chi connectivity index (χ4v) is 3.52. The van der Waals surface area contributed by atoms with Gasteiger partial charge in [0.1, 0.15) is 11.6 Å². The zero-order valence-corrected chi connectivity index (χ0v) is 16.3. The first kappa shape index (κ1) is 18.9. The van der Waals surface area contributed by atoms with E-state index in [0.717, 1.165) is 5.56 Å². The number of hydrogen-bond donors (Lipinski definition) is 1. The van der Waals surface area contributed by atoms with Gasteiger partial charge in [-0.05, 0) is 48.9 Å². The molecule has 0 radical (unpaired) electrons. The summed E-state index contributed by atoms with van der Waals surface area (Å²) in [6.45, 7) is 1.95. The van der Waals surface area contributed by atoms with Crippen molar-refractivity contribution in [3.05, 3.63) is 100 Å². The summed E-state index contributed by atoms with van der Waals surface area (Å²) in [5, 5.41) is 11.5. The summed E-state index contributed by atoms with van der Waals surface area (Å²) in [6.07, 6.45) is 1.56. The number of aromatic nitrogens is 1. The lowest BCUT2D eigenvalue weighted by Crippen LogP contribution is -2.30. The van der Waals surface area contributed by atoms with Gasteiger partial charge in [-0.2, -0.15) is 0 Å². The van der Waals surface area contributed by atoms with Crippen molar-refractivity contribution in [1.29, 1.82) is 0 Å². The molecule has 5 nitrogen and oxygen atoms in total. The molecule has 1 aliphatic rings. The first-order chi connectivity index (χ1) is 14.0. The van der Waals surface area contributed by atoms with Crippen molar-refractivity contribution >= 4 is 34.9 Å². The molecule has 29 heavy (non-hydrogen) atoms. The average Bonchev–Trinajstić information content (AvgIpc) is 3.00. The third-order valence-electron chi connectivity index (χ3n) is 4.85. The number of nitrogens with zero attached hydrogens (tertiary/aromatic N) is 2. The highest BCUT2D eigenvalue weighted by Gasteiger charge is 2.47. The Balaban J connectivity index is 1.94. The van der Waals surface area contributed by atoms with Gasteiger partial charge in [0.15, 0.2) is 0 Å². The van der Waals surface area contributed by atoms with E-state index < -0.39 is 17.7 Å². The van der Waals surface area contributed by atoms with Crippen LogP contribution >= 0.6 is 11.6 Å². The Morgan fingerprint density at radius 3 is 2.31 bits per heavy atom. The van der Waals surface area contributed by atoms with E-state index in [9.17, 15) is 14.7 Å². The number of rotatable bonds is 3. The lowest BCUT2D eigenvalue weighted by molar-refractivity contribution is -0.132. The Hall–Kier alpha value is -3.44. The standard InChI is InChI=1S/C23H17ClN2O3/c1-14-5-7-15(8-6-14)20-19(21(27)16-9-11-17(24)12-10-16)22(28)23(29)26(20)18-4-2-3-13-25-18/h2-13,20,27H,1H3. The van der Waals surface area contributed by atoms with Crippen LogP contribution < -0.4 is 4.90 Å². The molecule has 0 aliphatic carbocycles. The van der Waals surface area contributed by atoms with Crippen LogP contribution in [0.4, 0.5) is 5.82 Å². The maximum atomic E-state index is 13.0. The summed E-state index contributed by atoms with van der Waals surface area (Å²) in [5.41, 5.74) is 2.18. The maximum absolute atomic E-state index is 13.0. The van der Waals surface area contributed by atoms with E-state index in [0.29, 0.717) is 22.0 Å². The molecule has 1 unspecified atom stereocenters. The van der Waals surface area contributed by atoms with E-state index in [1.807, 2.05) is 31.2 Å². The molecule has 1 fully saturated rings. The molecule has 0 bridgehead atoms. The highest BCUT2D eigenvalue weighted by atomic mass is 35.5. The fourth-order valence-electron chi connectivity index (χ4n) is 3.39. The minimum Gasteiger partial charge on any atom is -0.507 e. The number of aliphatic hydroxyl groups excluding tert-OH is 1. The zero-order chi connectivity index (χ0) is 20.5. The van der Waals surface area contributed by atoms with Crippen LogP contribution in [0.2, 0.25) is 5.02 Å². The van der Waals surface area contributed by atoms with Crippen LogP contribution in [-0.4, -0.2) is 21.8 Å². The van der Waals surface area contributed by atoms with Gasteiger partial charge >= 0.3 is 5.91 Å². The summed E-state index contributed by atoms with van der Waals surface area (Å²) in [5.74, 6) is -1.39. The van der Waals surface area contributed by atoms with Gasteiger partial charge < -0.3 is 5.11 Å². The van der Waals surface area contributed by atoms with Crippen molar-refractivity contribution in [2.45, 2.75) is 13.0 Å². The largest absolute Gasteiger partial charge is 0.507 e. The second kappa shape index (κ2) is 7.53. The SMILES string of the molecule is Cc1ccc(C2C(=C(O)c3ccc(Cl)cc3)C(=O)C(=O)N2c2ccccn2)cc1. The number of halogens is 1. The van der Waals surface area contributed by atoms with Gasteiger partial charge in [0.25, 0.3) is 5.78 Å². The molecule has 144 valence electrons. The monoisotopic (exact) mass is 404 g/mol. The molecule has 1 aliphatic heterocycles. The average molecular weight is 405 g/mol. The number of ketones is 1. The van der Waals surface area contributed by atoms with Crippen molar-refractivity contribution in [3.63, 3.8) is 0 Å². The molecule has 2 heterocycles. The van der Waals surface area contributed by atoms with Crippen LogP contribution in [0.1, 0.15) is 22.7 Å². The van der Waals surface area contributed by atoms with E-state index in [1.54, 1.807) is 48.7 Å². The minimum atomic E-state index is -0.791. The lowest BCUT2D eigenvalue weighted by Gasteiger charge is -2.24. The number of anilines is 1. The van der Waals surface area contributed by atoms with E-state index >= 15 is 0 Å². The quantitative estimate of drug-likeness (QED) is 0.391. The summed E-state index contributed by atoms with van der Waals surface area (Å²) in [4.78, 5) is 31.5. The highest BCUT2D eigenvalue weighted by Crippen LogP contribution is 2.41. The molecule has 0 saturated carbocycles. The summed E-state index contributed by atoms with van der Waals surface area (Å²) in [6, 6.07) is 18.3. The van der Waals surface area contributed by atoms with Gasteiger partial charge in [-0.3, -0.25) is 14.5 Å². The molecule has 1 atom stereocenters. The normalized spacial score (nSPS) is 18.3. The van der Waals surface area contributed by atoms with Gasteiger partial charge in [0, 0.05) is 16.8 Å². The van der Waals surface area contributed by atoms with E-state index in [-0.39, 0.29) is 11.3 Å². The molecular formula is C23H17ClN2O3. The zero-order valence-electron chi connectivity index (χ0n) is 15.5. The van der Waals surface area contributed by atoms with Gasteiger partial charge in [-0.25, -0.2) is 4.98 Å². The van der Waals surface area contributed by atoms with E-state index in [2.05, 4.69) is 4.98 Å². The van der Waals surface area contributed by atoms with Crippen molar-refractivity contribution in [2.75, 3.05) is 4.90 Å². The smallest absolute Gasteiger partial charge is 0.301 e. The predicted molar refractivity (Wildman–Crippen MR) is 112 cm³/mol. The molecule has 4 rings (SSSR count). The van der Waals surface area contributed by atoms with Crippen LogP contribution in [0.25, 0.3) is 5.76 Å². The number of amides is 1. The Bertz CT molecular complexity index is 1110. The minimum absolute atomic E-state index is 0.0202. The Morgan fingerprint density at radius 1 is 1.00 bits per heavy atom. The van der Waals surface area contributed by atoms with Crippen LogP contribution in [0.5, 0.6) is 0 Å². The van der Waals surface area contributed by atoms with Crippen molar-refractivity contribution < 1.29 is 14.7 Å². The number of benzene rings is 2. The van der Waals surface area contributed by atoms with Crippen molar-refractivity contribution in [1.82, 2.24) is 4.98 Å². The van der Waals surface area contributed by atoms with Gasteiger partial charge in [0.05, 0.1) is 11.6 Å². The predicted octanol–water partition coefficient (Wildman–Crippen LogP) is 4.67. The molecule has 2 aromatic carbocycles. The number of aliphatic hydroxyl groups is 1. The van der Waals surface area contributed by atoms with Crippen LogP contribution in [-0.2, 0) is 9.59 Å². The highest BCUT2D eigenvalue weighted by molar-refractivity contribution is 6.51. The van der Waals surface area contributed by atoms with Gasteiger partial charge in [-0.1, -0.05) is 47.5 Å². The number of pyridine rings is 1. The van der Waals surface area contributed by atoms with Gasteiger partial charge in [-0.15, -0.1) is 0 Å². The number of carbonyl (C=O) groups is 2. The van der Waals surface area contributed by atoms with Crippen molar-refractivity contribution in [2.24, 2.45) is 0 Å². The topological polar surface area (TPSA) is 70.5 Å². The Kier molecular flexibility index (Phi) is 4.91. The molecular weight excluding hydrogens is 388 g/mol. The van der Waals surface area contributed by atoms with Crippen LogP contribution in [0, 0.1) is 6.92 Å². The number of carbonyl (C=O) groups excluding carboxylic acids is 2. The third-order valence-corrected chi connectivity index (χ3v) is 5.10. The lowest BCUT2D eigenvalue weighted by atomic mass is 9.95. The molecule has 0 spiro atoms. The number of hydrogen-bond acceptors (Lipinski definition) is 4. The fraction of sp³-hybridized carbons (Fsp3) is 0.0870.